The summed E-state index contributed by atoms with van der Waals surface area (Å²) >= 11 is 0. The van der Waals surface area contributed by atoms with Crippen LogP contribution in [-0.2, 0) is 19.1 Å². The third-order valence-corrected chi connectivity index (χ3v) is 6.69. The molecule has 0 amide bonds. The molecule has 0 aromatic heterocycles. The van der Waals surface area contributed by atoms with Crippen molar-refractivity contribution in [2.45, 2.75) is 148 Å². The molecule has 0 radical (unpaired) electrons. The van der Waals surface area contributed by atoms with Gasteiger partial charge in [-0.1, -0.05) is 122 Å². The zero-order chi connectivity index (χ0) is 25.7. The number of hydrogen-bond acceptors (Lipinski definition) is 7. The van der Waals surface area contributed by atoms with Gasteiger partial charge in [0, 0.05) is 6.42 Å². The maximum Gasteiger partial charge on any atom is 0.377 e. The minimum atomic E-state index is -1.42. The molecule has 35 heavy (non-hydrogen) atoms. The Balaban J connectivity index is 1.81. The summed E-state index contributed by atoms with van der Waals surface area (Å²) in [5, 5.41) is 28.6. The lowest BCUT2D eigenvalue weighted by molar-refractivity contribution is -0.154. The largest absolute Gasteiger partial charge is 0.505 e. The maximum absolute atomic E-state index is 11.8. The van der Waals surface area contributed by atoms with Crippen LogP contribution in [0.15, 0.2) is 11.5 Å². The molecule has 1 aliphatic rings. The van der Waals surface area contributed by atoms with Crippen LogP contribution in [0.4, 0.5) is 0 Å². The minimum absolute atomic E-state index is 0.267. The molecule has 7 heteroatoms. The van der Waals surface area contributed by atoms with Crippen molar-refractivity contribution in [3.63, 3.8) is 0 Å². The van der Waals surface area contributed by atoms with E-state index in [4.69, 9.17) is 4.74 Å². The highest BCUT2D eigenvalue weighted by Gasteiger charge is 2.39. The Labute approximate surface area is 212 Å². The maximum atomic E-state index is 11.8. The molecule has 1 aliphatic heterocycles. The van der Waals surface area contributed by atoms with Crippen molar-refractivity contribution in [2.75, 3.05) is 6.61 Å². The quantitative estimate of drug-likeness (QED) is 0.103. The van der Waals surface area contributed by atoms with E-state index in [9.17, 15) is 24.9 Å². The van der Waals surface area contributed by atoms with Crippen LogP contribution in [0.2, 0.25) is 0 Å². The van der Waals surface area contributed by atoms with Gasteiger partial charge < -0.3 is 24.8 Å². The smallest absolute Gasteiger partial charge is 0.377 e. The van der Waals surface area contributed by atoms with Gasteiger partial charge in [0.1, 0.15) is 12.7 Å². The van der Waals surface area contributed by atoms with Gasteiger partial charge in [-0.3, -0.25) is 4.79 Å². The zero-order valence-corrected chi connectivity index (χ0v) is 22.0. The van der Waals surface area contributed by atoms with Gasteiger partial charge in [-0.25, -0.2) is 4.79 Å². The summed E-state index contributed by atoms with van der Waals surface area (Å²) in [6.45, 7) is 1.86. The average molecular weight is 499 g/mol. The molecule has 3 N–H and O–H groups in total. The van der Waals surface area contributed by atoms with E-state index in [0.29, 0.717) is 0 Å². The molecular weight excluding hydrogens is 448 g/mol. The topological polar surface area (TPSA) is 113 Å². The molecule has 0 bridgehead atoms. The normalized spacial score (nSPS) is 16.5. The van der Waals surface area contributed by atoms with Crippen LogP contribution in [-0.4, -0.2) is 46.1 Å². The molecule has 0 aromatic carbocycles. The van der Waals surface area contributed by atoms with E-state index in [-0.39, 0.29) is 6.42 Å². The summed E-state index contributed by atoms with van der Waals surface area (Å²) in [5.41, 5.74) is 0. The monoisotopic (exact) mass is 498 g/mol. The van der Waals surface area contributed by atoms with Gasteiger partial charge >= 0.3 is 11.9 Å². The lowest BCUT2D eigenvalue weighted by Gasteiger charge is -2.17. The van der Waals surface area contributed by atoms with E-state index < -0.39 is 42.3 Å². The summed E-state index contributed by atoms with van der Waals surface area (Å²) in [6.07, 6.45) is 22.0. The van der Waals surface area contributed by atoms with E-state index in [2.05, 4.69) is 11.7 Å². The first-order chi connectivity index (χ1) is 17.0. The van der Waals surface area contributed by atoms with Crippen molar-refractivity contribution in [2.24, 2.45) is 0 Å². The Bertz CT molecular complexity index is 602. The van der Waals surface area contributed by atoms with Crippen LogP contribution in [0.25, 0.3) is 0 Å². The fourth-order valence-corrected chi connectivity index (χ4v) is 4.41. The molecule has 7 nitrogen and oxygen atoms in total. The Morgan fingerprint density at radius 3 is 1.54 bits per heavy atom. The Kier molecular flexibility index (Phi) is 18.3. The summed E-state index contributed by atoms with van der Waals surface area (Å²) in [6, 6.07) is 0. The van der Waals surface area contributed by atoms with Crippen LogP contribution >= 0.6 is 0 Å². The minimum Gasteiger partial charge on any atom is -0.505 e. The van der Waals surface area contributed by atoms with Gasteiger partial charge in [-0.05, 0) is 6.42 Å². The number of unbranched alkanes of at least 4 members (excludes halogenated alkanes) is 18. The first kappa shape index (κ1) is 31.3. The standard InChI is InChI=1S/C28H50O7/c1-2-3-4-5-6-7-8-9-10-11-12-13-14-15-16-17-18-19-20-21-24(30)34-22-23(29)27-25(31)26(32)28(33)35-27/h23,27,29,31-32H,2-22H2,1H3/t23-,27+/m0/s1. The second kappa shape index (κ2) is 20.4. The molecule has 1 heterocycles. The van der Waals surface area contributed by atoms with Crippen molar-refractivity contribution in [3.8, 4) is 0 Å². The summed E-state index contributed by atoms with van der Waals surface area (Å²) in [4.78, 5) is 22.9. The third-order valence-electron chi connectivity index (χ3n) is 6.69. The molecule has 204 valence electrons. The second-order valence-corrected chi connectivity index (χ2v) is 9.92. The third kappa shape index (κ3) is 15.1. The number of aliphatic hydroxyl groups is 3. The van der Waals surface area contributed by atoms with Crippen molar-refractivity contribution < 1.29 is 34.4 Å². The van der Waals surface area contributed by atoms with Crippen LogP contribution in [0.1, 0.15) is 135 Å². The van der Waals surface area contributed by atoms with Gasteiger partial charge in [0.05, 0.1) is 0 Å². The first-order valence-electron chi connectivity index (χ1n) is 14.1. The summed E-state index contributed by atoms with van der Waals surface area (Å²) in [7, 11) is 0. The first-order valence-corrected chi connectivity index (χ1v) is 14.1. The number of aliphatic hydroxyl groups excluding tert-OH is 3. The lowest BCUT2D eigenvalue weighted by Crippen LogP contribution is -2.33. The number of cyclic esters (lactones) is 1. The Hall–Kier alpha value is -1.76. The van der Waals surface area contributed by atoms with E-state index >= 15 is 0 Å². The van der Waals surface area contributed by atoms with Crippen molar-refractivity contribution in [3.05, 3.63) is 11.5 Å². The van der Waals surface area contributed by atoms with Crippen LogP contribution in [0.5, 0.6) is 0 Å². The number of carbonyl (C=O) groups excluding carboxylic acids is 2. The SMILES string of the molecule is CCCCCCCCCCCCCCCCCCCCCC(=O)OC[C@H](O)[C@H]1OC(=O)C(O)=C1O. The zero-order valence-electron chi connectivity index (χ0n) is 22.0. The highest BCUT2D eigenvalue weighted by atomic mass is 16.6. The molecule has 2 atom stereocenters. The summed E-state index contributed by atoms with van der Waals surface area (Å²) < 4.78 is 9.61. The van der Waals surface area contributed by atoms with E-state index in [1.807, 2.05) is 0 Å². The molecule has 0 fully saturated rings. The number of hydrogen-bond donors (Lipinski definition) is 3. The van der Waals surface area contributed by atoms with Crippen molar-refractivity contribution in [1.82, 2.24) is 0 Å². The fourth-order valence-electron chi connectivity index (χ4n) is 4.41. The average Bonchev–Trinajstić information content (AvgIpc) is 3.11. The summed E-state index contributed by atoms with van der Waals surface area (Å²) in [5.74, 6) is -3.20. The molecule has 0 unspecified atom stereocenters. The molecule has 0 saturated carbocycles. The predicted molar refractivity (Wildman–Crippen MR) is 137 cm³/mol. The lowest BCUT2D eigenvalue weighted by atomic mass is 10.0. The predicted octanol–water partition coefficient (Wildman–Crippen LogP) is 6.97. The van der Waals surface area contributed by atoms with Crippen LogP contribution < -0.4 is 0 Å². The van der Waals surface area contributed by atoms with E-state index in [1.165, 1.54) is 103 Å². The molecule has 0 saturated heterocycles. The van der Waals surface area contributed by atoms with Crippen molar-refractivity contribution in [1.29, 1.82) is 0 Å². The highest BCUT2D eigenvalue weighted by molar-refractivity contribution is 5.89. The Morgan fingerprint density at radius 2 is 1.17 bits per heavy atom. The Morgan fingerprint density at radius 1 is 0.771 bits per heavy atom. The number of ether oxygens (including phenoxy) is 2. The van der Waals surface area contributed by atoms with Crippen LogP contribution in [0, 0.1) is 0 Å². The van der Waals surface area contributed by atoms with Gasteiger partial charge in [0.15, 0.2) is 11.9 Å². The number of esters is 2. The highest BCUT2D eigenvalue weighted by Crippen LogP contribution is 2.21. The van der Waals surface area contributed by atoms with Gasteiger partial charge in [0.2, 0.25) is 5.76 Å². The van der Waals surface area contributed by atoms with Gasteiger partial charge in [0.25, 0.3) is 0 Å². The number of carbonyl (C=O) groups is 2. The molecular formula is C28H50O7. The van der Waals surface area contributed by atoms with Crippen LogP contribution in [0.3, 0.4) is 0 Å². The second-order valence-electron chi connectivity index (χ2n) is 9.92. The molecule has 0 aromatic rings. The number of rotatable bonds is 23. The fraction of sp³-hybridized carbons (Fsp3) is 0.857. The molecule has 0 aliphatic carbocycles. The van der Waals surface area contributed by atoms with Crippen molar-refractivity contribution >= 4 is 11.9 Å². The van der Waals surface area contributed by atoms with Gasteiger partial charge in [-0.2, -0.15) is 0 Å². The van der Waals surface area contributed by atoms with E-state index in [0.717, 1.165) is 19.3 Å². The molecule has 0 spiro atoms. The molecule has 1 rings (SSSR count). The van der Waals surface area contributed by atoms with Gasteiger partial charge in [-0.15, -0.1) is 0 Å². The van der Waals surface area contributed by atoms with E-state index in [1.54, 1.807) is 0 Å².